The van der Waals surface area contributed by atoms with Crippen molar-refractivity contribution in [3.8, 4) is 0 Å². The maximum absolute atomic E-state index is 12.1. The predicted octanol–water partition coefficient (Wildman–Crippen LogP) is -0.152. The smallest absolute Gasteiger partial charge is 0.317 e. The lowest BCUT2D eigenvalue weighted by molar-refractivity contribution is -0.139. The normalized spacial score (nSPS) is 18.5. The molecule has 1 aliphatic heterocycles. The molecule has 1 saturated heterocycles. The highest BCUT2D eigenvalue weighted by Gasteiger charge is 2.28. The molecule has 1 aromatic rings. The lowest BCUT2D eigenvalue weighted by Crippen LogP contribution is -2.53. The van der Waals surface area contributed by atoms with Crippen molar-refractivity contribution in [3.05, 3.63) is 18.0 Å². The molecule has 2 rings (SSSR count). The molecule has 0 saturated carbocycles. The van der Waals surface area contributed by atoms with Gasteiger partial charge in [0.2, 0.25) is 0 Å². The standard InChI is InChI=1S/C13H20N4O4/c1-16-10(3-5-15-16)2-4-14-13(20)17-6-7-21-9-11(17)8-12(18)19/h3,5,11H,2,4,6-9H2,1H3,(H,14,20)(H,18,19). The van der Waals surface area contributed by atoms with Gasteiger partial charge >= 0.3 is 12.0 Å². The molecule has 21 heavy (non-hydrogen) atoms. The molecule has 1 atom stereocenters. The molecule has 0 bridgehead atoms. The number of carboxylic acid groups (broad SMARTS) is 1. The first-order valence-electron chi connectivity index (χ1n) is 6.89. The number of hydrogen-bond donors (Lipinski definition) is 2. The minimum absolute atomic E-state index is 0.102. The quantitative estimate of drug-likeness (QED) is 0.787. The number of amides is 2. The summed E-state index contributed by atoms with van der Waals surface area (Å²) in [7, 11) is 1.85. The number of carboxylic acids is 1. The van der Waals surface area contributed by atoms with E-state index in [4.69, 9.17) is 9.84 Å². The number of nitrogens with zero attached hydrogens (tertiary/aromatic N) is 3. The fraction of sp³-hybridized carbons (Fsp3) is 0.615. The van der Waals surface area contributed by atoms with Gasteiger partial charge in [0.1, 0.15) is 0 Å². The van der Waals surface area contributed by atoms with Crippen LogP contribution in [0.1, 0.15) is 12.1 Å². The molecule has 0 aliphatic carbocycles. The van der Waals surface area contributed by atoms with Crippen molar-refractivity contribution < 1.29 is 19.4 Å². The highest BCUT2D eigenvalue weighted by atomic mass is 16.5. The van der Waals surface area contributed by atoms with Gasteiger partial charge in [0, 0.05) is 38.4 Å². The lowest BCUT2D eigenvalue weighted by Gasteiger charge is -2.34. The number of rotatable bonds is 5. The highest BCUT2D eigenvalue weighted by Crippen LogP contribution is 2.11. The summed E-state index contributed by atoms with van der Waals surface area (Å²) < 4.78 is 7.00. The molecular formula is C13H20N4O4. The van der Waals surface area contributed by atoms with Gasteiger partial charge in [-0.3, -0.25) is 9.48 Å². The second-order valence-corrected chi connectivity index (χ2v) is 4.95. The summed E-state index contributed by atoms with van der Waals surface area (Å²) in [5.41, 5.74) is 1.03. The third-order valence-corrected chi connectivity index (χ3v) is 3.48. The maximum Gasteiger partial charge on any atom is 0.317 e. The Bertz CT molecular complexity index is 502. The minimum atomic E-state index is -0.932. The van der Waals surface area contributed by atoms with Gasteiger partial charge in [-0.05, 0) is 6.07 Å². The van der Waals surface area contributed by atoms with Crippen LogP contribution in [0.4, 0.5) is 4.79 Å². The van der Waals surface area contributed by atoms with Crippen LogP contribution in [-0.2, 0) is 23.0 Å². The third-order valence-electron chi connectivity index (χ3n) is 3.48. The van der Waals surface area contributed by atoms with E-state index in [0.717, 1.165) is 5.69 Å². The van der Waals surface area contributed by atoms with Crippen LogP contribution in [0, 0.1) is 0 Å². The summed E-state index contributed by atoms with van der Waals surface area (Å²) in [6.45, 7) is 1.59. The van der Waals surface area contributed by atoms with Gasteiger partial charge in [-0.1, -0.05) is 0 Å². The van der Waals surface area contributed by atoms with Crippen LogP contribution in [-0.4, -0.2) is 64.1 Å². The van der Waals surface area contributed by atoms with E-state index in [2.05, 4.69) is 10.4 Å². The molecule has 2 amide bonds. The Kier molecular flexibility index (Phi) is 5.15. The van der Waals surface area contributed by atoms with Gasteiger partial charge in [0.15, 0.2) is 0 Å². The number of carbonyl (C=O) groups excluding carboxylic acids is 1. The molecular weight excluding hydrogens is 276 g/mol. The zero-order valence-electron chi connectivity index (χ0n) is 12.0. The SMILES string of the molecule is Cn1nccc1CCNC(=O)N1CCOCC1CC(=O)O. The second kappa shape index (κ2) is 7.07. The molecule has 0 aromatic carbocycles. The van der Waals surface area contributed by atoms with Crippen LogP contribution in [0.25, 0.3) is 0 Å². The molecule has 0 spiro atoms. The van der Waals surface area contributed by atoms with Gasteiger partial charge in [0.05, 0.1) is 25.7 Å². The van der Waals surface area contributed by atoms with Crippen molar-refractivity contribution in [2.75, 3.05) is 26.3 Å². The lowest BCUT2D eigenvalue weighted by atomic mass is 10.1. The van der Waals surface area contributed by atoms with Gasteiger partial charge in [0.25, 0.3) is 0 Å². The molecule has 2 heterocycles. The largest absolute Gasteiger partial charge is 0.481 e. The van der Waals surface area contributed by atoms with Gasteiger partial charge in [-0.15, -0.1) is 0 Å². The second-order valence-electron chi connectivity index (χ2n) is 4.95. The van der Waals surface area contributed by atoms with E-state index in [1.807, 2.05) is 13.1 Å². The third kappa shape index (κ3) is 4.19. The van der Waals surface area contributed by atoms with Gasteiger partial charge in [-0.2, -0.15) is 5.10 Å². The molecule has 2 N–H and O–H groups in total. The predicted molar refractivity (Wildman–Crippen MR) is 73.9 cm³/mol. The van der Waals surface area contributed by atoms with Crippen molar-refractivity contribution in [1.82, 2.24) is 20.0 Å². The van der Waals surface area contributed by atoms with E-state index in [1.165, 1.54) is 0 Å². The zero-order chi connectivity index (χ0) is 15.2. The van der Waals surface area contributed by atoms with Crippen molar-refractivity contribution in [2.45, 2.75) is 18.9 Å². The number of urea groups is 1. The topological polar surface area (TPSA) is 96.7 Å². The molecule has 0 radical (unpaired) electrons. The van der Waals surface area contributed by atoms with Gasteiger partial charge in [-0.25, -0.2) is 4.79 Å². The zero-order valence-corrected chi connectivity index (χ0v) is 12.0. The van der Waals surface area contributed by atoms with Crippen LogP contribution >= 0.6 is 0 Å². The van der Waals surface area contributed by atoms with Crippen LogP contribution in [0.2, 0.25) is 0 Å². The Balaban J connectivity index is 1.83. The Morgan fingerprint density at radius 1 is 1.57 bits per heavy atom. The number of nitrogens with one attached hydrogen (secondary N) is 1. The fourth-order valence-corrected chi connectivity index (χ4v) is 2.34. The van der Waals surface area contributed by atoms with Crippen LogP contribution in [0.15, 0.2) is 12.3 Å². The Morgan fingerprint density at radius 3 is 3.05 bits per heavy atom. The van der Waals surface area contributed by atoms with Gasteiger partial charge < -0.3 is 20.1 Å². The number of aromatic nitrogens is 2. The number of ether oxygens (including phenoxy) is 1. The number of morpholine rings is 1. The summed E-state index contributed by atoms with van der Waals surface area (Å²) in [5, 5.41) is 15.8. The molecule has 8 nitrogen and oxygen atoms in total. The molecule has 1 aliphatic rings. The number of carbonyl (C=O) groups is 2. The first-order chi connectivity index (χ1) is 10.1. The fourth-order valence-electron chi connectivity index (χ4n) is 2.34. The first-order valence-corrected chi connectivity index (χ1v) is 6.89. The molecule has 1 aromatic heterocycles. The average Bonchev–Trinajstić information content (AvgIpc) is 2.84. The summed E-state index contributed by atoms with van der Waals surface area (Å²) in [6, 6.07) is 1.24. The van der Waals surface area contributed by atoms with E-state index >= 15 is 0 Å². The Labute approximate surface area is 122 Å². The molecule has 1 unspecified atom stereocenters. The van der Waals surface area contributed by atoms with E-state index < -0.39 is 12.0 Å². The van der Waals surface area contributed by atoms with E-state index in [0.29, 0.717) is 26.1 Å². The van der Waals surface area contributed by atoms with E-state index in [1.54, 1.807) is 15.8 Å². The summed E-state index contributed by atoms with van der Waals surface area (Å²) >= 11 is 0. The van der Waals surface area contributed by atoms with Crippen molar-refractivity contribution in [2.24, 2.45) is 7.05 Å². The summed E-state index contributed by atoms with van der Waals surface area (Å²) in [6.07, 6.45) is 2.29. The first kappa shape index (κ1) is 15.3. The van der Waals surface area contributed by atoms with Crippen LogP contribution < -0.4 is 5.32 Å². The highest BCUT2D eigenvalue weighted by molar-refractivity contribution is 5.76. The molecule has 116 valence electrons. The maximum atomic E-state index is 12.1. The minimum Gasteiger partial charge on any atom is -0.481 e. The van der Waals surface area contributed by atoms with Crippen molar-refractivity contribution in [3.63, 3.8) is 0 Å². The molecule has 1 fully saturated rings. The number of hydrogen-bond acceptors (Lipinski definition) is 4. The van der Waals surface area contributed by atoms with Crippen molar-refractivity contribution in [1.29, 1.82) is 0 Å². The summed E-state index contributed by atoms with van der Waals surface area (Å²) in [5.74, 6) is -0.932. The van der Waals surface area contributed by atoms with Crippen LogP contribution in [0.5, 0.6) is 0 Å². The Morgan fingerprint density at radius 2 is 2.38 bits per heavy atom. The van der Waals surface area contributed by atoms with Crippen molar-refractivity contribution >= 4 is 12.0 Å². The summed E-state index contributed by atoms with van der Waals surface area (Å²) in [4.78, 5) is 24.5. The van der Waals surface area contributed by atoms with Crippen LogP contribution in [0.3, 0.4) is 0 Å². The van der Waals surface area contributed by atoms with E-state index in [9.17, 15) is 9.59 Å². The number of aryl methyl sites for hydroxylation is 1. The molecule has 8 heteroatoms. The Hall–Kier alpha value is -2.09. The number of aliphatic carboxylic acids is 1. The monoisotopic (exact) mass is 296 g/mol. The average molecular weight is 296 g/mol. The van der Waals surface area contributed by atoms with E-state index in [-0.39, 0.29) is 19.1 Å².